The van der Waals surface area contributed by atoms with Crippen LogP contribution in [-0.2, 0) is 11.3 Å². The average Bonchev–Trinajstić information content (AvgIpc) is 3.45. The third kappa shape index (κ3) is 5.49. The first-order valence-electron chi connectivity index (χ1n) is 10.7. The molecule has 2 aromatic heterocycles. The number of hydrogen-bond donors (Lipinski definition) is 1. The monoisotopic (exact) mass is 480 g/mol. The van der Waals surface area contributed by atoms with Gasteiger partial charge in [-0.05, 0) is 60.9 Å². The minimum atomic E-state index is -0.386. The van der Waals surface area contributed by atoms with E-state index in [2.05, 4.69) is 29.4 Å². The lowest BCUT2D eigenvalue weighted by Crippen LogP contribution is -2.23. The van der Waals surface area contributed by atoms with E-state index in [1.165, 1.54) is 11.8 Å². The van der Waals surface area contributed by atoms with Crippen molar-refractivity contribution < 1.29 is 9.21 Å². The number of benzene rings is 2. The summed E-state index contributed by atoms with van der Waals surface area (Å²) in [5.41, 5.74) is 2.83. The van der Waals surface area contributed by atoms with Crippen molar-refractivity contribution in [3.05, 3.63) is 83.3 Å². The van der Waals surface area contributed by atoms with E-state index in [-0.39, 0.29) is 11.2 Å². The van der Waals surface area contributed by atoms with Crippen molar-refractivity contribution >= 4 is 35.0 Å². The van der Waals surface area contributed by atoms with Crippen molar-refractivity contribution in [1.82, 2.24) is 14.8 Å². The van der Waals surface area contributed by atoms with Crippen molar-refractivity contribution in [2.24, 2.45) is 0 Å². The maximum Gasteiger partial charge on any atom is 0.237 e. The predicted molar refractivity (Wildman–Crippen MR) is 133 cm³/mol. The molecule has 33 heavy (non-hydrogen) atoms. The number of halogens is 1. The molecule has 0 fully saturated rings. The lowest BCUT2D eigenvalue weighted by molar-refractivity contribution is -0.115. The van der Waals surface area contributed by atoms with Gasteiger partial charge in [-0.2, -0.15) is 0 Å². The number of amides is 1. The average molecular weight is 481 g/mol. The Bertz CT molecular complexity index is 1220. The molecule has 4 aromatic rings. The quantitative estimate of drug-likeness (QED) is 0.292. The van der Waals surface area contributed by atoms with Crippen LogP contribution < -0.4 is 5.32 Å². The van der Waals surface area contributed by atoms with Gasteiger partial charge < -0.3 is 9.73 Å². The molecule has 0 aliphatic heterocycles. The SMILES string of the molecule is CC(Sc1nnc(-c2ccc(Cl)cc2)n1Cc1ccco1)C(=O)Nc1ccccc1C(C)C. The highest BCUT2D eigenvalue weighted by Crippen LogP contribution is 2.30. The number of rotatable bonds is 8. The summed E-state index contributed by atoms with van der Waals surface area (Å²) in [4.78, 5) is 13.0. The first-order valence-corrected chi connectivity index (χ1v) is 12.0. The van der Waals surface area contributed by atoms with E-state index in [1.807, 2.05) is 72.2 Å². The van der Waals surface area contributed by atoms with Crippen molar-refractivity contribution in [2.75, 3.05) is 5.32 Å². The van der Waals surface area contributed by atoms with Crippen LogP contribution in [0.15, 0.2) is 76.5 Å². The summed E-state index contributed by atoms with van der Waals surface area (Å²) >= 11 is 7.42. The molecule has 1 atom stereocenters. The summed E-state index contributed by atoms with van der Waals surface area (Å²) in [6.45, 7) is 6.54. The maximum absolute atomic E-state index is 13.0. The predicted octanol–water partition coefficient (Wildman–Crippen LogP) is 6.48. The van der Waals surface area contributed by atoms with Crippen molar-refractivity contribution in [2.45, 2.75) is 43.6 Å². The Hall–Kier alpha value is -3.03. The molecule has 170 valence electrons. The van der Waals surface area contributed by atoms with Gasteiger partial charge >= 0.3 is 0 Å². The molecule has 0 aliphatic rings. The molecular formula is C25H25ClN4O2S. The van der Waals surface area contributed by atoms with E-state index in [4.69, 9.17) is 16.0 Å². The smallest absolute Gasteiger partial charge is 0.237 e. The molecule has 0 saturated carbocycles. The van der Waals surface area contributed by atoms with Crippen LogP contribution >= 0.6 is 23.4 Å². The largest absolute Gasteiger partial charge is 0.467 e. The third-order valence-electron chi connectivity index (χ3n) is 5.21. The standard InChI is InChI=1S/C25H25ClN4O2S/c1-16(2)21-8-4-5-9-22(21)27-24(31)17(3)33-25-29-28-23(18-10-12-19(26)13-11-18)30(25)15-20-7-6-14-32-20/h4-14,16-17H,15H2,1-3H3,(H,27,31). The molecule has 0 radical (unpaired) electrons. The first-order chi connectivity index (χ1) is 15.9. The summed E-state index contributed by atoms with van der Waals surface area (Å²) < 4.78 is 7.51. The van der Waals surface area contributed by atoms with Crippen molar-refractivity contribution in [3.8, 4) is 11.4 Å². The Balaban J connectivity index is 1.58. The van der Waals surface area contributed by atoms with E-state index in [0.29, 0.717) is 28.5 Å². The Labute approximate surface area is 202 Å². The zero-order valence-electron chi connectivity index (χ0n) is 18.7. The number of carbonyl (C=O) groups is 1. The summed E-state index contributed by atoms with van der Waals surface area (Å²) in [5.74, 6) is 1.68. The second kappa shape index (κ2) is 10.3. The van der Waals surface area contributed by atoms with Crippen LogP contribution in [0.1, 0.15) is 38.0 Å². The van der Waals surface area contributed by atoms with Crippen LogP contribution in [0.4, 0.5) is 5.69 Å². The summed E-state index contributed by atoms with van der Waals surface area (Å²) in [6, 6.07) is 19.1. The van der Waals surface area contributed by atoms with Gasteiger partial charge in [-0.15, -0.1) is 10.2 Å². The fraction of sp³-hybridized carbons (Fsp3) is 0.240. The second-order valence-corrected chi connectivity index (χ2v) is 9.71. The van der Waals surface area contributed by atoms with Gasteiger partial charge in [-0.1, -0.05) is 55.4 Å². The zero-order valence-corrected chi connectivity index (χ0v) is 20.2. The number of nitrogens with one attached hydrogen (secondary N) is 1. The summed E-state index contributed by atoms with van der Waals surface area (Å²) in [5, 5.41) is 12.8. The van der Waals surface area contributed by atoms with E-state index in [0.717, 1.165) is 22.6 Å². The first kappa shape index (κ1) is 23.1. The molecule has 2 aromatic carbocycles. The molecule has 1 unspecified atom stereocenters. The number of furan rings is 1. The van der Waals surface area contributed by atoms with Gasteiger partial charge in [0.2, 0.25) is 5.91 Å². The number of nitrogens with zero attached hydrogens (tertiary/aromatic N) is 3. The van der Waals surface area contributed by atoms with E-state index in [9.17, 15) is 4.79 Å². The lowest BCUT2D eigenvalue weighted by atomic mass is 10.0. The van der Waals surface area contributed by atoms with E-state index in [1.54, 1.807) is 6.26 Å². The van der Waals surface area contributed by atoms with Gasteiger partial charge in [0, 0.05) is 16.3 Å². The molecular weight excluding hydrogens is 456 g/mol. The molecule has 1 amide bonds. The number of hydrogen-bond acceptors (Lipinski definition) is 5. The fourth-order valence-corrected chi connectivity index (χ4v) is 4.42. The van der Waals surface area contributed by atoms with Gasteiger partial charge in [0.1, 0.15) is 5.76 Å². The Kier molecular flexibility index (Phi) is 7.20. The fourth-order valence-electron chi connectivity index (χ4n) is 3.45. The van der Waals surface area contributed by atoms with Crippen LogP contribution in [0.25, 0.3) is 11.4 Å². The molecule has 6 nitrogen and oxygen atoms in total. The lowest BCUT2D eigenvalue weighted by Gasteiger charge is -2.16. The zero-order chi connectivity index (χ0) is 23.4. The molecule has 0 bridgehead atoms. The van der Waals surface area contributed by atoms with Gasteiger partial charge in [0.25, 0.3) is 0 Å². The number of para-hydroxylation sites is 1. The van der Waals surface area contributed by atoms with Crippen molar-refractivity contribution in [1.29, 1.82) is 0 Å². The van der Waals surface area contributed by atoms with Crippen LogP contribution in [-0.4, -0.2) is 25.9 Å². The third-order valence-corrected chi connectivity index (χ3v) is 6.54. The second-order valence-electron chi connectivity index (χ2n) is 7.97. The topological polar surface area (TPSA) is 73.0 Å². The van der Waals surface area contributed by atoms with Gasteiger partial charge in [-0.25, -0.2) is 0 Å². The molecule has 4 rings (SSSR count). The Morgan fingerprint density at radius 2 is 1.82 bits per heavy atom. The Morgan fingerprint density at radius 3 is 2.52 bits per heavy atom. The molecule has 0 aliphatic carbocycles. The number of thioether (sulfide) groups is 1. The highest BCUT2D eigenvalue weighted by molar-refractivity contribution is 8.00. The Morgan fingerprint density at radius 1 is 1.06 bits per heavy atom. The highest BCUT2D eigenvalue weighted by Gasteiger charge is 2.22. The van der Waals surface area contributed by atoms with Crippen LogP contribution in [0.5, 0.6) is 0 Å². The maximum atomic E-state index is 13.0. The molecule has 2 heterocycles. The van der Waals surface area contributed by atoms with E-state index < -0.39 is 0 Å². The normalized spacial score (nSPS) is 12.2. The van der Waals surface area contributed by atoms with E-state index >= 15 is 0 Å². The minimum Gasteiger partial charge on any atom is -0.467 e. The molecule has 0 saturated heterocycles. The van der Waals surface area contributed by atoms with Crippen LogP contribution in [0.2, 0.25) is 5.02 Å². The highest BCUT2D eigenvalue weighted by atomic mass is 35.5. The molecule has 0 spiro atoms. The van der Waals surface area contributed by atoms with Gasteiger partial charge in [0.05, 0.1) is 18.1 Å². The minimum absolute atomic E-state index is 0.0892. The van der Waals surface area contributed by atoms with Crippen LogP contribution in [0, 0.1) is 0 Å². The van der Waals surface area contributed by atoms with Gasteiger partial charge in [-0.3, -0.25) is 9.36 Å². The van der Waals surface area contributed by atoms with Crippen molar-refractivity contribution in [3.63, 3.8) is 0 Å². The van der Waals surface area contributed by atoms with Gasteiger partial charge in [0.15, 0.2) is 11.0 Å². The molecule has 8 heteroatoms. The number of anilines is 1. The number of carbonyl (C=O) groups excluding carboxylic acids is 1. The summed E-state index contributed by atoms with van der Waals surface area (Å²) in [7, 11) is 0. The summed E-state index contributed by atoms with van der Waals surface area (Å²) in [6.07, 6.45) is 1.64. The number of aromatic nitrogens is 3. The van der Waals surface area contributed by atoms with Crippen LogP contribution in [0.3, 0.4) is 0 Å². The molecule has 1 N–H and O–H groups in total.